The van der Waals surface area contributed by atoms with Crippen molar-refractivity contribution in [3.63, 3.8) is 0 Å². The predicted octanol–water partition coefficient (Wildman–Crippen LogP) is 0.921. The molecule has 2 aliphatic heterocycles. The first-order chi connectivity index (χ1) is 10.1. The molecule has 2 heterocycles. The zero-order valence-corrected chi connectivity index (χ0v) is 12.0. The van der Waals surface area contributed by atoms with Gasteiger partial charge in [0.15, 0.2) is 0 Å². The van der Waals surface area contributed by atoms with Gasteiger partial charge in [0, 0.05) is 31.6 Å². The van der Waals surface area contributed by atoms with Crippen LogP contribution in [0.25, 0.3) is 0 Å². The molecule has 0 bridgehead atoms. The zero-order valence-electron chi connectivity index (χ0n) is 12.0. The largest absolute Gasteiger partial charge is 0.392 e. The molecule has 0 aromatic heterocycles. The normalized spacial score (nSPS) is 20.6. The molecule has 0 atom stereocenters. The lowest BCUT2D eigenvalue weighted by atomic mass is 9.77. The van der Waals surface area contributed by atoms with Gasteiger partial charge in [0.1, 0.15) is 0 Å². The third-order valence-electron chi connectivity index (χ3n) is 4.69. The molecule has 2 aliphatic rings. The van der Waals surface area contributed by atoms with E-state index in [1.54, 1.807) is 24.3 Å². The fourth-order valence-electron chi connectivity index (χ4n) is 3.22. The van der Waals surface area contributed by atoms with Gasteiger partial charge in [0.2, 0.25) is 5.91 Å². The molecule has 3 rings (SSSR count). The van der Waals surface area contributed by atoms with Crippen molar-refractivity contribution in [3.05, 3.63) is 35.4 Å². The summed E-state index contributed by atoms with van der Waals surface area (Å²) in [7, 11) is 0. The van der Waals surface area contributed by atoms with Crippen LogP contribution in [0.5, 0.6) is 0 Å². The van der Waals surface area contributed by atoms with Crippen LogP contribution in [0.15, 0.2) is 24.3 Å². The molecular formula is C16H20N2O3. The van der Waals surface area contributed by atoms with Crippen molar-refractivity contribution < 1.29 is 14.7 Å². The highest BCUT2D eigenvalue weighted by Crippen LogP contribution is 2.37. The van der Waals surface area contributed by atoms with Gasteiger partial charge < -0.3 is 15.3 Å². The number of hydrogen-bond donors (Lipinski definition) is 2. The van der Waals surface area contributed by atoms with Gasteiger partial charge in [0.25, 0.3) is 5.91 Å². The van der Waals surface area contributed by atoms with Gasteiger partial charge in [-0.2, -0.15) is 0 Å². The molecule has 2 saturated heterocycles. The summed E-state index contributed by atoms with van der Waals surface area (Å²) in [5.74, 6) is 0.168. The van der Waals surface area contributed by atoms with E-state index in [1.165, 1.54) is 0 Å². The highest BCUT2D eigenvalue weighted by Gasteiger charge is 2.41. The van der Waals surface area contributed by atoms with E-state index in [0.29, 0.717) is 25.1 Å². The Morgan fingerprint density at radius 2 is 1.90 bits per heavy atom. The van der Waals surface area contributed by atoms with Crippen LogP contribution in [0.4, 0.5) is 0 Å². The van der Waals surface area contributed by atoms with Crippen molar-refractivity contribution in [2.45, 2.75) is 25.9 Å². The lowest BCUT2D eigenvalue weighted by molar-refractivity contribution is -0.119. The van der Waals surface area contributed by atoms with Gasteiger partial charge in [-0.15, -0.1) is 0 Å². The molecule has 5 nitrogen and oxygen atoms in total. The SMILES string of the molecule is O=C1CC2(CCN(C(=O)c3ccc(CO)cc3)CC2)CN1. The average Bonchev–Trinajstić information content (AvgIpc) is 2.88. The summed E-state index contributed by atoms with van der Waals surface area (Å²) in [5.41, 5.74) is 1.53. The maximum atomic E-state index is 12.4. The van der Waals surface area contributed by atoms with E-state index in [2.05, 4.69) is 5.32 Å². The Kier molecular flexibility index (Phi) is 3.68. The van der Waals surface area contributed by atoms with Crippen molar-refractivity contribution in [2.75, 3.05) is 19.6 Å². The molecule has 0 radical (unpaired) electrons. The number of hydrogen-bond acceptors (Lipinski definition) is 3. The molecule has 2 amide bonds. The lowest BCUT2D eigenvalue weighted by Crippen LogP contribution is -2.44. The Morgan fingerprint density at radius 3 is 2.43 bits per heavy atom. The van der Waals surface area contributed by atoms with Gasteiger partial charge in [-0.3, -0.25) is 9.59 Å². The number of rotatable bonds is 2. The summed E-state index contributed by atoms with van der Waals surface area (Å²) in [6.45, 7) is 2.14. The van der Waals surface area contributed by atoms with E-state index in [-0.39, 0.29) is 23.8 Å². The van der Waals surface area contributed by atoms with E-state index >= 15 is 0 Å². The van der Waals surface area contributed by atoms with Gasteiger partial charge in [-0.25, -0.2) is 0 Å². The van der Waals surface area contributed by atoms with Crippen molar-refractivity contribution >= 4 is 11.8 Å². The van der Waals surface area contributed by atoms with Crippen LogP contribution in [-0.4, -0.2) is 41.5 Å². The van der Waals surface area contributed by atoms with Crippen molar-refractivity contribution in [1.29, 1.82) is 0 Å². The monoisotopic (exact) mass is 288 g/mol. The van der Waals surface area contributed by atoms with Gasteiger partial charge in [-0.1, -0.05) is 12.1 Å². The topological polar surface area (TPSA) is 69.6 Å². The Bertz CT molecular complexity index is 545. The summed E-state index contributed by atoms with van der Waals surface area (Å²) in [6, 6.07) is 7.08. The zero-order chi connectivity index (χ0) is 14.9. The molecule has 1 aromatic rings. The number of piperidine rings is 1. The summed E-state index contributed by atoms with van der Waals surface area (Å²) < 4.78 is 0. The minimum absolute atomic E-state index is 0.0122. The summed E-state index contributed by atoms with van der Waals surface area (Å²) in [4.78, 5) is 25.7. The predicted molar refractivity (Wildman–Crippen MR) is 77.6 cm³/mol. The van der Waals surface area contributed by atoms with Crippen LogP contribution < -0.4 is 5.32 Å². The third kappa shape index (κ3) is 2.78. The van der Waals surface area contributed by atoms with Gasteiger partial charge in [-0.05, 0) is 36.0 Å². The molecule has 1 spiro atoms. The number of likely N-dealkylation sites (tertiary alicyclic amines) is 1. The maximum absolute atomic E-state index is 12.4. The first kappa shape index (κ1) is 14.1. The standard InChI is InChI=1S/C16H20N2O3/c19-10-12-1-3-13(4-2-12)15(21)18-7-5-16(6-8-18)9-14(20)17-11-16/h1-4,19H,5-11H2,(H,17,20). The molecule has 2 N–H and O–H groups in total. The number of carbonyl (C=O) groups is 2. The van der Waals surface area contributed by atoms with E-state index in [0.717, 1.165) is 24.9 Å². The number of carbonyl (C=O) groups excluding carboxylic acids is 2. The lowest BCUT2D eigenvalue weighted by Gasteiger charge is -2.38. The number of nitrogens with one attached hydrogen (secondary N) is 1. The second kappa shape index (κ2) is 5.48. The third-order valence-corrected chi connectivity index (χ3v) is 4.69. The molecule has 5 heteroatoms. The molecular weight excluding hydrogens is 268 g/mol. The number of aliphatic hydroxyl groups excluding tert-OH is 1. The Morgan fingerprint density at radius 1 is 1.24 bits per heavy atom. The number of aliphatic hydroxyl groups is 1. The smallest absolute Gasteiger partial charge is 0.253 e. The van der Waals surface area contributed by atoms with E-state index in [1.807, 2.05) is 4.90 Å². The van der Waals surface area contributed by atoms with E-state index in [4.69, 9.17) is 5.11 Å². The molecule has 1 aromatic carbocycles. The number of benzene rings is 1. The minimum Gasteiger partial charge on any atom is -0.392 e. The molecule has 0 unspecified atom stereocenters. The van der Waals surface area contributed by atoms with Crippen LogP contribution in [0, 0.1) is 5.41 Å². The fraction of sp³-hybridized carbons (Fsp3) is 0.500. The van der Waals surface area contributed by atoms with E-state index in [9.17, 15) is 9.59 Å². The van der Waals surface area contributed by atoms with Crippen molar-refractivity contribution in [3.8, 4) is 0 Å². The van der Waals surface area contributed by atoms with Crippen LogP contribution in [0.3, 0.4) is 0 Å². The molecule has 2 fully saturated rings. The molecule has 0 aliphatic carbocycles. The first-order valence-electron chi connectivity index (χ1n) is 7.38. The Balaban J connectivity index is 1.63. The highest BCUT2D eigenvalue weighted by atomic mass is 16.3. The van der Waals surface area contributed by atoms with Gasteiger partial charge >= 0.3 is 0 Å². The summed E-state index contributed by atoms with van der Waals surface area (Å²) >= 11 is 0. The molecule has 0 saturated carbocycles. The first-order valence-corrected chi connectivity index (χ1v) is 7.38. The van der Waals surface area contributed by atoms with Crippen LogP contribution >= 0.6 is 0 Å². The van der Waals surface area contributed by atoms with Crippen LogP contribution in [-0.2, 0) is 11.4 Å². The van der Waals surface area contributed by atoms with Crippen molar-refractivity contribution in [1.82, 2.24) is 10.2 Å². The second-order valence-electron chi connectivity index (χ2n) is 6.10. The highest BCUT2D eigenvalue weighted by molar-refractivity contribution is 5.94. The number of amides is 2. The summed E-state index contributed by atoms with van der Waals surface area (Å²) in [6.07, 6.45) is 2.36. The molecule has 21 heavy (non-hydrogen) atoms. The second-order valence-corrected chi connectivity index (χ2v) is 6.10. The summed E-state index contributed by atoms with van der Waals surface area (Å²) in [5, 5.41) is 11.9. The van der Waals surface area contributed by atoms with Crippen LogP contribution in [0.1, 0.15) is 35.2 Å². The average molecular weight is 288 g/mol. The quantitative estimate of drug-likeness (QED) is 0.850. The number of nitrogens with zero attached hydrogens (tertiary/aromatic N) is 1. The van der Waals surface area contributed by atoms with E-state index < -0.39 is 0 Å². The Labute approximate surface area is 123 Å². The van der Waals surface area contributed by atoms with Crippen LogP contribution in [0.2, 0.25) is 0 Å². The maximum Gasteiger partial charge on any atom is 0.253 e. The Hall–Kier alpha value is -1.88. The van der Waals surface area contributed by atoms with Gasteiger partial charge in [0.05, 0.1) is 6.61 Å². The fourth-order valence-corrected chi connectivity index (χ4v) is 3.22. The van der Waals surface area contributed by atoms with Crippen molar-refractivity contribution in [2.24, 2.45) is 5.41 Å². The minimum atomic E-state index is -0.0122. The molecule has 112 valence electrons.